The van der Waals surface area contributed by atoms with Crippen LogP contribution in [-0.2, 0) is 21.2 Å². The topological polar surface area (TPSA) is 67.4 Å². The minimum absolute atomic E-state index is 0.0648. The van der Waals surface area contributed by atoms with E-state index in [1.165, 1.54) is 11.3 Å². The summed E-state index contributed by atoms with van der Waals surface area (Å²) in [6, 6.07) is 6.88. The number of anilines is 2. The van der Waals surface area contributed by atoms with Gasteiger partial charge in [-0.3, -0.25) is 4.72 Å². The fraction of sp³-hybridized carbons (Fsp3) is 0.214. The van der Waals surface area contributed by atoms with Gasteiger partial charge in [0.2, 0.25) is 0 Å². The molecule has 116 valence electrons. The Morgan fingerprint density at radius 1 is 1.41 bits per heavy atom. The molecule has 2 N–H and O–H groups in total. The highest BCUT2D eigenvalue weighted by atomic mass is 32.2. The molecule has 0 amide bonds. The van der Waals surface area contributed by atoms with E-state index in [0.717, 1.165) is 11.3 Å². The van der Waals surface area contributed by atoms with E-state index in [9.17, 15) is 8.42 Å². The van der Waals surface area contributed by atoms with Crippen LogP contribution in [-0.4, -0.2) is 19.7 Å². The molecule has 0 spiro atoms. The van der Waals surface area contributed by atoms with E-state index >= 15 is 0 Å². The maximum absolute atomic E-state index is 12.2. The molecule has 1 aliphatic rings. The maximum Gasteiger partial charge on any atom is 0.262 e. The fourth-order valence-corrected chi connectivity index (χ4v) is 4.59. The van der Waals surface area contributed by atoms with Crippen molar-refractivity contribution in [2.45, 2.75) is 24.3 Å². The largest absolute Gasteiger partial charge is 0.467 e. The Hall–Kier alpha value is -1.64. The van der Waals surface area contributed by atoms with E-state index in [0.29, 0.717) is 17.3 Å². The Kier molecular flexibility index (Phi) is 4.07. The van der Waals surface area contributed by atoms with Gasteiger partial charge in [0.25, 0.3) is 15.2 Å². The number of rotatable bonds is 3. The van der Waals surface area contributed by atoms with Crippen molar-refractivity contribution in [3.63, 3.8) is 0 Å². The summed E-state index contributed by atoms with van der Waals surface area (Å²) in [7, 11) is -3.55. The van der Waals surface area contributed by atoms with Gasteiger partial charge in [0.15, 0.2) is 0 Å². The molecule has 0 fully saturated rings. The van der Waals surface area contributed by atoms with Crippen LogP contribution >= 0.6 is 23.6 Å². The lowest BCUT2D eigenvalue weighted by atomic mass is 10.1. The SMILES string of the molecule is CC1Cc2cc(NS(=O)(=O)c3ccsc3)ccc2NC(=S)O1. The van der Waals surface area contributed by atoms with Gasteiger partial charge in [-0.25, -0.2) is 8.42 Å². The second-order valence-electron chi connectivity index (χ2n) is 4.98. The maximum atomic E-state index is 12.2. The second-order valence-corrected chi connectivity index (χ2v) is 7.81. The highest BCUT2D eigenvalue weighted by Crippen LogP contribution is 2.27. The predicted molar refractivity (Wildman–Crippen MR) is 92.0 cm³/mol. The summed E-state index contributed by atoms with van der Waals surface area (Å²) in [6.07, 6.45) is 0.584. The van der Waals surface area contributed by atoms with Crippen molar-refractivity contribution >= 4 is 50.1 Å². The van der Waals surface area contributed by atoms with E-state index < -0.39 is 10.0 Å². The van der Waals surface area contributed by atoms with Crippen LogP contribution in [0.2, 0.25) is 0 Å². The molecular weight excluding hydrogens is 340 g/mol. The Balaban J connectivity index is 1.89. The molecule has 3 rings (SSSR count). The van der Waals surface area contributed by atoms with Gasteiger partial charge in [-0.05, 0) is 54.4 Å². The van der Waals surface area contributed by atoms with Gasteiger partial charge in [0.05, 0.1) is 4.90 Å². The Labute approximate surface area is 138 Å². The van der Waals surface area contributed by atoms with Gasteiger partial charge >= 0.3 is 0 Å². The third-order valence-corrected chi connectivity index (χ3v) is 5.62. The van der Waals surface area contributed by atoms with Crippen LogP contribution < -0.4 is 10.0 Å². The number of hydrogen-bond acceptors (Lipinski definition) is 5. The highest BCUT2D eigenvalue weighted by Gasteiger charge is 2.19. The smallest absolute Gasteiger partial charge is 0.262 e. The van der Waals surface area contributed by atoms with Crippen molar-refractivity contribution in [3.8, 4) is 0 Å². The summed E-state index contributed by atoms with van der Waals surface area (Å²) in [5, 5.41) is 6.67. The Bertz CT molecular complexity index is 801. The van der Waals surface area contributed by atoms with Crippen LogP contribution in [0.25, 0.3) is 0 Å². The summed E-state index contributed by atoms with van der Waals surface area (Å²) >= 11 is 6.42. The molecule has 0 saturated heterocycles. The van der Waals surface area contributed by atoms with Gasteiger partial charge in [-0.1, -0.05) is 0 Å². The van der Waals surface area contributed by atoms with E-state index in [2.05, 4.69) is 10.0 Å². The number of nitrogens with one attached hydrogen (secondary N) is 2. The van der Waals surface area contributed by atoms with Gasteiger partial charge in [0.1, 0.15) is 6.10 Å². The van der Waals surface area contributed by atoms with Crippen LogP contribution in [0, 0.1) is 0 Å². The molecule has 2 aromatic rings. The number of benzene rings is 1. The zero-order chi connectivity index (χ0) is 15.7. The van der Waals surface area contributed by atoms with Gasteiger partial charge in [0, 0.05) is 23.2 Å². The third kappa shape index (κ3) is 3.23. The molecule has 5 nitrogen and oxygen atoms in total. The summed E-state index contributed by atoms with van der Waals surface area (Å²) in [4.78, 5) is 0.267. The number of sulfonamides is 1. The summed E-state index contributed by atoms with van der Waals surface area (Å²) in [6.45, 7) is 1.92. The van der Waals surface area contributed by atoms with Crippen molar-refractivity contribution < 1.29 is 13.2 Å². The molecule has 8 heteroatoms. The molecule has 0 saturated carbocycles. The summed E-state index contributed by atoms with van der Waals surface area (Å²) < 4.78 is 32.6. The first-order chi connectivity index (χ1) is 10.4. The number of hydrogen-bond donors (Lipinski definition) is 2. The lowest BCUT2D eigenvalue weighted by Gasteiger charge is -2.11. The quantitative estimate of drug-likeness (QED) is 0.829. The first-order valence-electron chi connectivity index (χ1n) is 6.59. The standard InChI is InChI=1S/C14H14N2O3S3/c1-9-6-10-7-11(2-3-13(10)15-14(20)19-9)16-22(17,18)12-4-5-21-8-12/h2-5,7-9,16H,6H2,1H3,(H,15,20). The van der Waals surface area contributed by atoms with E-state index in [-0.39, 0.29) is 11.0 Å². The highest BCUT2D eigenvalue weighted by molar-refractivity contribution is 7.92. The van der Waals surface area contributed by atoms with Crippen molar-refractivity contribution in [3.05, 3.63) is 40.6 Å². The Morgan fingerprint density at radius 3 is 2.95 bits per heavy atom. The molecule has 0 aliphatic carbocycles. The number of thiophene rings is 1. The van der Waals surface area contributed by atoms with Crippen molar-refractivity contribution in [2.24, 2.45) is 0 Å². The lowest BCUT2D eigenvalue weighted by Crippen LogP contribution is -2.16. The zero-order valence-electron chi connectivity index (χ0n) is 11.7. The lowest BCUT2D eigenvalue weighted by molar-refractivity contribution is 0.217. The summed E-state index contributed by atoms with van der Waals surface area (Å²) in [5.74, 6) is 0. The predicted octanol–water partition coefficient (Wildman–Crippen LogP) is 3.21. The molecule has 1 atom stereocenters. The molecule has 22 heavy (non-hydrogen) atoms. The van der Waals surface area contributed by atoms with Crippen molar-refractivity contribution in [1.82, 2.24) is 0 Å². The zero-order valence-corrected chi connectivity index (χ0v) is 14.1. The van der Waals surface area contributed by atoms with E-state index in [1.807, 2.05) is 6.92 Å². The number of fused-ring (bicyclic) bond motifs is 1. The molecule has 1 aromatic carbocycles. The van der Waals surface area contributed by atoms with Crippen LogP contribution in [0.3, 0.4) is 0 Å². The van der Waals surface area contributed by atoms with Crippen LogP contribution in [0.4, 0.5) is 11.4 Å². The fourth-order valence-electron chi connectivity index (χ4n) is 2.24. The van der Waals surface area contributed by atoms with Gasteiger partial charge in [-0.15, -0.1) is 0 Å². The normalized spacial score (nSPS) is 17.9. The molecule has 2 heterocycles. The first-order valence-corrected chi connectivity index (χ1v) is 9.43. The minimum Gasteiger partial charge on any atom is -0.467 e. The number of ether oxygens (including phenoxy) is 1. The van der Waals surface area contributed by atoms with E-state index in [1.54, 1.807) is 35.0 Å². The average Bonchev–Trinajstić information content (AvgIpc) is 2.91. The molecule has 0 radical (unpaired) electrons. The van der Waals surface area contributed by atoms with Gasteiger partial charge < -0.3 is 10.1 Å². The van der Waals surface area contributed by atoms with Crippen LogP contribution in [0.5, 0.6) is 0 Å². The third-order valence-electron chi connectivity index (χ3n) is 3.22. The molecule has 0 bridgehead atoms. The molecule has 1 unspecified atom stereocenters. The van der Waals surface area contributed by atoms with Gasteiger partial charge in [-0.2, -0.15) is 11.3 Å². The minimum atomic E-state index is -3.55. The molecule has 1 aliphatic heterocycles. The molecular formula is C14H14N2O3S3. The Morgan fingerprint density at radius 2 is 2.23 bits per heavy atom. The van der Waals surface area contributed by atoms with Crippen molar-refractivity contribution in [2.75, 3.05) is 10.0 Å². The summed E-state index contributed by atoms with van der Waals surface area (Å²) in [5.41, 5.74) is 2.32. The monoisotopic (exact) mass is 354 g/mol. The van der Waals surface area contributed by atoms with Crippen LogP contribution in [0.1, 0.15) is 12.5 Å². The average molecular weight is 354 g/mol. The van der Waals surface area contributed by atoms with Crippen molar-refractivity contribution in [1.29, 1.82) is 0 Å². The second kappa shape index (κ2) is 5.86. The molecule has 1 aromatic heterocycles. The number of thiocarbonyl (C=S) groups is 1. The van der Waals surface area contributed by atoms with Crippen LogP contribution in [0.15, 0.2) is 39.9 Å². The first kappa shape index (κ1) is 15.3. The van der Waals surface area contributed by atoms with E-state index in [4.69, 9.17) is 17.0 Å².